The van der Waals surface area contributed by atoms with E-state index in [-0.39, 0.29) is 18.4 Å². The molecule has 1 spiro atoms. The Morgan fingerprint density at radius 1 is 1.40 bits per heavy atom. The van der Waals surface area contributed by atoms with Crippen molar-refractivity contribution in [2.75, 3.05) is 13.1 Å². The average molecular weight is 347 g/mol. The first-order chi connectivity index (χ1) is 12.0. The molecule has 1 aromatic rings. The zero-order valence-electron chi connectivity index (χ0n) is 14.5. The molecule has 2 heterocycles. The molecule has 8 nitrogen and oxygen atoms in total. The molecule has 4 amide bonds. The van der Waals surface area contributed by atoms with Gasteiger partial charge in [0.05, 0.1) is 6.33 Å². The van der Waals surface area contributed by atoms with Gasteiger partial charge in [-0.3, -0.25) is 14.5 Å². The summed E-state index contributed by atoms with van der Waals surface area (Å²) in [6.07, 6.45) is 9.19. The van der Waals surface area contributed by atoms with Crippen molar-refractivity contribution in [3.05, 3.63) is 18.7 Å². The molecule has 1 saturated carbocycles. The first kappa shape index (κ1) is 17.4. The number of hydrogen-bond donors (Lipinski definition) is 2. The number of rotatable bonds is 6. The zero-order valence-corrected chi connectivity index (χ0v) is 14.5. The molecule has 0 unspecified atom stereocenters. The number of carbonyl (C=O) groups is 3. The SMILES string of the molecule is CC1CCC2(CC1)NC(=O)N(CC(=O)NCCCn1ccnc1)C2=O. The molecule has 2 aliphatic rings. The van der Waals surface area contributed by atoms with Gasteiger partial charge in [0.1, 0.15) is 12.1 Å². The number of urea groups is 1. The molecule has 2 N–H and O–H groups in total. The van der Waals surface area contributed by atoms with Crippen molar-refractivity contribution in [1.82, 2.24) is 25.1 Å². The van der Waals surface area contributed by atoms with E-state index in [1.54, 1.807) is 12.5 Å². The lowest BCUT2D eigenvalue weighted by Crippen LogP contribution is -2.49. The molecule has 1 saturated heterocycles. The molecule has 25 heavy (non-hydrogen) atoms. The van der Waals surface area contributed by atoms with Crippen LogP contribution in [0.5, 0.6) is 0 Å². The number of hydrogen-bond acceptors (Lipinski definition) is 4. The third kappa shape index (κ3) is 3.83. The second-order valence-electron chi connectivity index (χ2n) is 7.09. The number of imide groups is 1. The van der Waals surface area contributed by atoms with Crippen molar-refractivity contribution < 1.29 is 14.4 Å². The third-order valence-electron chi connectivity index (χ3n) is 5.15. The van der Waals surface area contributed by atoms with Crippen molar-refractivity contribution in [3.8, 4) is 0 Å². The summed E-state index contributed by atoms with van der Waals surface area (Å²) in [5.41, 5.74) is -0.786. The highest BCUT2D eigenvalue weighted by molar-refractivity contribution is 6.09. The Kier molecular flexibility index (Phi) is 5.06. The summed E-state index contributed by atoms with van der Waals surface area (Å²) in [7, 11) is 0. The van der Waals surface area contributed by atoms with E-state index in [2.05, 4.69) is 22.5 Å². The lowest BCUT2D eigenvalue weighted by atomic mass is 9.77. The lowest BCUT2D eigenvalue weighted by Gasteiger charge is -2.33. The predicted octanol–water partition coefficient (Wildman–Crippen LogP) is 0.890. The van der Waals surface area contributed by atoms with Gasteiger partial charge in [-0.25, -0.2) is 9.78 Å². The zero-order chi connectivity index (χ0) is 17.9. The quantitative estimate of drug-likeness (QED) is 0.590. The molecule has 2 fully saturated rings. The van der Waals surface area contributed by atoms with Gasteiger partial charge in [0.25, 0.3) is 5.91 Å². The van der Waals surface area contributed by atoms with Crippen LogP contribution in [0, 0.1) is 5.92 Å². The number of aromatic nitrogens is 2. The van der Waals surface area contributed by atoms with Gasteiger partial charge in [-0.2, -0.15) is 0 Å². The summed E-state index contributed by atoms with van der Waals surface area (Å²) in [5.74, 6) is 0.0106. The van der Waals surface area contributed by atoms with Crippen molar-refractivity contribution >= 4 is 17.8 Å². The van der Waals surface area contributed by atoms with Crippen LogP contribution in [-0.2, 0) is 16.1 Å². The second-order valence-corrected chi connectivity index (χ2v) is 7.09. The molecule has 136 valence electrons. The maximum Gasteiger partial charge on any atom is 0.325 e. The van der Waals surface area contributed by atoms with Gasteiger partial charge >= 0.3 is 6.03 Å². The maximum absolute atomic E-state index is 12.7. The highest BCUT2D eigenvalue weighted by Gasteiger charge is 2.52. The van der Waals surface area contributed by atoms with Crippen LogP contribution in [0.25, 0.3) is 0 Å². The van der Waals surface area contributed by atoms with Crippen LogP contribution in [-0.4, -0.2) is 50.9 Å². The molecular weight excluding hydrogens is 322 g/mol. The fourth-order valence-corrected chi connectivity index (χ4v) is 3.52. The summed E-state index contributed by atoms with van der Waals surface area (Å²) >= 11 is 0. The Balaban J connectivity index is 1.46. The number of imidazole rings is 1. The van der Waals surface area contributed by atoms with Gasteiger partial charge in [-0.1, -0.05) is 6.92 Å². The van der Waals surface area contributed by atoms with E-state index in [0.717, 1.165) is 30.7 Å². The molecule has 3 rings (SSSR count). The van der Waals surface area contributed by atoms with Crippen molar-refractivity contribution in [3.63, 3.8) is 0 Å². The third-order valence-corrected chi connectivity index (χ3v) is 5.15. The van der Waals surface area contributed by atoms with Crippen LogP contribution >= 0.6 is 0 Å². The second kappa shape index (κ2) is 7.25. The van der Waals surface area contributed by atoms with Crippen LogP contribution in [0.3, 0.4) is 0 Å². The van der Waals surface area contributed by atoms with Crippen LogP contribution in [0.15, 0.2) is 18.7 Å². The normalized spacial score (nSPS) is 26.1. The van der Waals surface area contributed by atoms with Crippen molar-refractivity contribution in [2.24, 2.45) is 5.92 Å². The van der Waals surface area contributed by atoms with Crippen molar-refractivity contribution in [1.29, 1.82) is 0 Å². The lowest BCUT2D eigenvalue weighted by molar-refractivity contribution is -0.136. The van der Waals surface area contributed by atoms with Gasteiger partial charge in [0.15, 0.2) is 0 Å². The van der Waals surface area contributed by atoms with Gasteiger partial charge in [-0.05, 0) is 38.0 Å². The monoisotopic (exact) mass is 347 g/mol. The summed E-state index contributed by atoms with van der Waals surface area (Å²) < 4.78 is 1.93. The van der Waals surface area contributed by atoms with Gasteiger partial charge in [0.2, 0.25) is 5.91 Å². The molecule has 8 heteroatoms. The largest absolute Gasteiger partial charge is 0.354 e. The Morgan fingerprint density at radius 3 is 2.84 bits per heavy atom. The van der Waals surface area contributed by atoms with E-state index in [1.807, 2.05) is 10.8 Å². The minimum Gasteiger partial charge on any atom is -0.354 e. The van der Waals surface area contributed by atoms with E-state index in [1.165, 1.54) is 0 Å². The summed E-state index contributed by atoms with van der Waals surface area (Å²) in [5, 5.41) is 5.59. The Morgan fingerprint density at radius 2 is 2.16 bits per heavy atom. The highest BCUT2D eigenvalue weighted by Crippen LogP contribution is 2.36. The molecule has 1 aromatic heterocycles. The smallest absolute Gasteiger partial charge is 0.325 e. The van der Waals surface area contributed by atoms with Gasteiger partial charge < -0.3 is 15.2 Å². The van der Waals surface area contributed by atoms with Crippen LogP contribution in [0.4, 0.5) is 4.79 Å². The number of nitrogens with one attached hydrogen (secondary N) is 2. The van der Waals surface area contributed by atoms with Crippen molar-refractivity contribution in [2.45, 2.75) is 51.1 Å². The average Bonchev–Trinajstić information content (AvgIpc) is 3.18. The Labute approximate surface area is 147 Å². The fourth-order valence-electron chi connectivity index (χ4n) is 3.52. The van der Waals surface area contributed by atoms with Crippen LogP contribution in [0.2, 0.25) is 0 Å². The van der Waals surface area contributed by atoms with Gasteiger partial charge in [0, 0.05) is 25.5 Å². The molecular formula is C17H25N5O3. The molecule has 0 atom stereocenters. The van der Waals surface area contributed by atoms with Crippen LogP contribution in [0.1, 0.15) is 39.0 Å². The first-order valence-corrected chi connectivity index (χ1v) is 8.87. The Hall–Kier alpha value is -2.38. The summed E-state index contributed by atoms with van der Waals surface area (Å²) in [4.78, 5) is 41.9. The summed E-state index contributed by atoms with van der Waals surface area (Å²) in [6, 6.07) is -0.451. The molecule has 1 aliphatic heterocycles. The molecule has 0 bridgehead atoms. The van der Waals surface area contributed by atoms with Gasteiger partial charge in [-0.15, -0.1) is 0 Å². The first-order valence-electron chi connectivity index (χ1n) is 8.87. The van der Waals surface area contributed by atoms with E-state index >= 15 is 0 Å². The van der Waals surface area contributed by atoms with E-state index in [0.29, 0.717) is 25.3 Å². The van der Waals surface area contributed by atoms with E-state index in [4.69, 9.17) is 0 Å². The summed E-state index contributed by atoms with van der Waals surface area (Å²) in [6.45, 7) is 3.18. The van der Waals surface area contributed by atoms with E-state index < -0.39 is 11.6 Å². The molecule has 0 aromatic carbocycles. The topological polar surface area (TPSA) is 96.3 Å². The number of aryl methyl sites for hydroxylation is 1. The highest BCUT2D eigenvalue weighted by atomic mass is 16.2. The maximum atomic E-state index is 12.7. The standard InChI is InChI=1S/C17H25N5O3/c1-13-3-5-17(6-4-13)15(24)22(16(25)20-17)11-14(23)19-7-2-9-21-10-8-18-12-21/h8,10,12-13H,2-7,9,11H2,1H3,(H,19,23)(H,20,25). The van der Waals surface area contributed by atoms with E-state index in [9.17, 15) is 14.4 Å². The molecule has 0 radical (unpaired) electrons. The Bertz CT molecular complexity index is 635. The predicted molar refractivity (Wildman–Crippen MR) is 90.5 cm³/mol. The van der Waals surface area contributed by atoms with Crippen LogP contribution < -0.4 is 10.6 Å². The number of carbonyl (C=O) groups excluding carboxylic acids is 3. The number of amides is 4. The minimum atomic E-state index is -0.786. The number of nitrogens with zero attached hydrogens (tertiary/aromatic N) is 3. The molecule has 1 aliphatic carbocycles. The fraction of sp³-hybridized carbons (Fsp3) is 0.647. The minimum absolute atomic E-state index is 0.215.